The predicted octanol–water partition coefficient (Wildman–Crippen LogP) is 7.45. The Hall–Kier alpha value is -0.200. The van der Waals surface area contributed by atoms with Crippen molar-refractivity contribution in [3.63, 3.8) is 0 Å². The first-order valence-electron chi connectivity index (χ1n) is 19.1. The van der Waals surface area contributed by atoms with Crippen LogP contribution in [-0.4, -0.2) is 120 Å². The predicted molar refractivity (Wildman–Crippen MR) is 187 cm³/mol. The van der Waals surface area contributed by atoms with Crippen LogP contribution in [0.4, 0.5) is 0 Å². The van der Waals surface area contributed by atoms with Crippen molar-refractivity contribution in [2.24, 2.45) is 17.3 Å². The van der Waals surface area contributed by atoms with E-state index in [0.717, 1.165) is 17.9 Å². The van der Waals surface area contributed by atoms with Crippen molar-refractivity contribution in [1.82, 2.24) is 24.5 Å². The van der Waals surface area contributed by atoms with Crippen molar-refractivity contribution in [1.29, 1.82) is 0 Å². The average molecular weight is 602 g/mol. The van der Waals surface area contributed by atoms with Crippen molar-refractivity contribution >= 4 is 0 Å². The summed E-state index contributed by atoms with van der Waals surface area (Å²) < 4.78 is 0. The third-order valence-corrected chi connectivity index (χ3v) is 13.3. The minimum Gasteiger partial charge on any atom is -0.301 e. The summed E-state index contributed by atoms with van der Waals surface area (Å²) in [7, 11) is 0. The molecule has 4 rings (SSSR count). The van der Waals surface area contributed by atoms with Crippen molar-refractivity contribution in [3.8, 4) is 0 Å². The van der Waals surface area contributed by atoms with Gasteiger partial charge in [-0.2, -0.15) is 0 Å². The number of likely N-dealkylation sites (tertiary alicyclic amines) is 3. The number of hydrogen-bond acceptors (Lipinski definition) is 5. The summed E-state index contributed by atoms with van der Waals surface area (Å²) in [6, 6.07) is 2.81. The van der Waals surface area contributed by atoms with E-state index < -0.39 is 0 Å². The fraction of sp³-hybridized carbons (Fsp3) is 1.00. The van der Waals surface area contributed by atoms with Gasteiger partial charge in [-0.1, -0.05) is 6.92 Å². The fourth-order valence-corrected chi connectivity index (χ4v) is 9.57. The molecule has 5 heteroatoms. The minimum atomic E-state index is 0.291. The smallest absolute Gasteiger partial charge is 0.0168 e. The zero-order valence-corrected chi connectivity index (χ0v) is 30.5. The van der Waals surface area contributed by atoms with Gasteiger partial charge in [0.2, 0.25) is 0 Å². The molecule has 4 heterocycles. The van der Waals surface area contributed by atoms with Crippen LogP contribution >= 0.6 is 0 Å². The van der Waals surface area contributed by atoms with E-state index in [4.69, 9.17) is 0 Å². The topological polar surface area (TPSA) is 16.2 Å². The van der Waals surface area contributed by atoms with E-state index in [1.807, 2.05) is 0 Å². The summed E-state index contributed by atoms with van der Waals surface area (Å²) in [6.07, 6.45) is 15.4. The van der Waals surface area contributed by atoms with E-state index in [2.05, 4.69) is 86.8 Å². The van der Waals surface area contributed by atoms with Crippen molar-refractivity contribution in [3.05, 3.63) is 0 Å². The van der Waals surface area contributed by atoms with Crippen molar-refractivity contribution in [2.45, 2.75) is 163 Å². The lowest BCUT2D eigenvalue weighted by Crippen LogP contribution is -2.55. The molecule has 4 fully saturated rings. The third-order valence-electron chi connectivity index (χ3n) is 13.3. The molecule has 0 amide bonds. The maximum atomic E-state index is 2.87. The van der Waals surface area contributed by atoms with Crippen LogP contribution in [0.15, 0.2) is 0 Å². The Morgan fingerprint density at radius 1 is 0.558 bits per heavy atom. The second-order valence-corrected chi connectivity index (χ2v) is 17.1. The number of nitrogens with zero attached hydrogens (tertiary/aromatic N) is 5. The Kier molecular flexibility index (Phi) is 13.3. The lowest BCUT2D eigenvalue weighted by molar-refractivity contribution is -0.0161. The number of rotatable bonds is 11. The first kappa shape index (κ1) is 35.7. The third kappa shape index (κ3) is 9.90. The first-order chi connectivity index (χ1) is 20.4. The molecule has 1 spiro atoms. The van der Waals surface area contributed by atoms with Gasteiger partial charge < -0.3 is 9.80 Å². The van der Waals surface area contributed by atoms with E-state index >= 15 is 0 Å². The molecular formula is C38H75N5. The van der Waals surface area contributed by atoms with Crippen molar-refractivity contribution < 1.29 is 0 Å². The van der Waals surface area contributed by atoms with Crippen LogP contribution in [-0.2, 0) is 0 Å². The van der Waals surface area contributed by atoms with Gasteiger partial charge in [0.1, 0.15) is 0 Å². The number of piperidine rings is 2. The van der Waals surface area contributed by atoms with Gasteiger partial charge in [0.15, 0.2) is 0 Å². The molecule has 4 saturated heterocycles. The maximum Gasteiger partial charge on any atom is 0.0168 e. The molecule has 0 aromatic rings. The summed E-state index contributed by atoms with van der Waals surface area (Å²) >= 11 is 0. The van der Waals surface area contributed by atoms with Gasteiger partial charge in [-0.25, -0.2) is 0 Å². The monoisotopic (exact) mass is 602 g/mol. The fourth-order valence-electron chi connectivity index (χ4n) is 9.57. The largest absolute Gasteiger partial charge is 0.301 e. The molecule has 0 radical (unpaired) electrons. The quantitative estimate of drug-likeness (QED) is 0.244. The molecule has 4 atom stereocenters. The van der Waals surface area contributed by atoms with E-state index in [1.165, 1.54) is 136 Å². The van der Waals surface area contributed by atoms with Gasteiger partial charge in [-0.15, -0.1) is 0 Å². The molecule has 0 N–H and O–H groups in total. The standard InChI is InChI=1S/C38H75N5/c1-31(2)39-20-10-12-36(15-23-39)33(5)13-14-34(6)41-21-11-22-42(29-28-41)35(7)30-37(8,9)43-26-18-38(19-27-43)16-24-40(25-17-38)32(3)4/h31-36H,10-30H2,1-9H3. The molecular weight excluding hydrogens is 526 g/mol. The van der Waals surface area contributed by atoms with Gasteiger partial charge >= 0.3 is 0 Å². The molecule has 0 aromatic carbocycles. The lowest BCUT2D eigenvalue weighted by atomic mass is 9.70. The molecule has 4 aliphatic rings. The van der Waals surface area contributed by atoms with Crippen LogP contribution < -0.4 is 0 Å². The van der Waals surface area contributed by atoms with Crippen LogP contribution in [0.1, 0.15) is 133 Å². The Bertz CT molecular complexity index is 792. The zero-order valence-electron chi connectivity index (χ0n) is 30.5. The molecule has 4 unspecified atom stereocenters. The molecule has 4 aliphatic heterocycles. The highest BCUT2D eigenvalue weighted by Crippen LogP contribution is 2.43. The van der Waals surface area contributed by atoms with E-state index in [0.29, 0.717) is 29.1 Å². The lowest BCUT2D eigenvalue weighted by Gasteiger charge is -2.52. The highest BCUT2D eigenvalue weighted by molar-refractivity contribution is 4.96. The van der Waals surface area contributed by atoms with Gasteiger partial charge in [0.05, 0.1) is 0 Å². The van der Waals surface area contributed by atoms with Gasteiger partial charge in [-0.3, -0.25) is 14.7 Å². The first-order valence-corrected chi connectivity index (χ1v) is 19.1. The van der Waals surface area contributed by atoms with E-state index in [-0.39, 0.29) is 0 Å². The average Bonchev–Trinajstić information content (AvgIpc) is 3.38. The van der Waals surface area contributed by atoms with Crippen LogP contribution in [0.2, 0.25) is 0 Å². The number of hydrogen-bond donors (Lipinski definition) is 0. The molecule has 252 valence electrons. The Balaban J connectivity index is 1.17. The highest BCUT2D eigenvalue weighted by Gasteiger charge is 2.41. The van der Waals surface area contributed by atoms with Crippen LogP contribution in [0, 0.1) is 17.3 Å². The van der Waals surface area contributed by atoms with Crippen LogP contribution in [0.5, 0.6) is 0 Å². The molecule has 5 nitrogen and oxygen atoms in total. The van der Waals surface area contributed by atoms with Crippen LogP contribution in [0.25, 0.3) is 0 Å². The summed E-state index contributed by atoms with van der Waals surface area (Å²) in [5.74, 6) is 1.81. The SMILES string of the molecule is CC(CCC(C)N1CCCN(C(C)CC(C)(C)N2CCC3(CCN(C(C)C)CC3)CC2)CC1)C1CCCN(C(C)C)CC1. The summed E-state index contributed by atoms with van der Waals surface area (Å²) in [5, 5.41) is 0. The normalized spacial score (nSPS) is 28.7. The van der Waals surface area contributed by atoms with Gasteiger partial charge in [-0.05, 0) is 196 Å². The summed E-state index contributed by atoms with van der Waals surface area (Å²) in [4.78, 5) is 14.0. The van der Waals surface area contributed by atoms with Crippen LogP contribution in [0.3, 0.4) is 0 Å². The zero-order chi connectivity index (χ0) is 31.2. The summed E-state index contributed by atoms with van der Waals surface area (Å²) in [6.45, 7) is 35.1. The second-order valence-electron chi connectivity index (χ2n) is 17.1. The van der Waals surface area contributed by atoms with E-state index in [1.54, 1.807) is 0 Å². The maximum absolute atomic E-state index is 2.87. The minimum absolute atomic E-state index is 0.291. The second kappa shape index (κ2) is 16.1. The van der Waals surface area contributed by atoms with Gasteiger partial charge in [0.25, 0.3) is 0 Å². The molecule has 0 saturated carbocycles. The molecule has 0 aliphatic carbocycles. The molecule has 43 heavy (non-hydrogen) atoms. The molecule has 0 aromatic heterocycles. The Morgan fingerprint density at radius 3 is 1.70 bits per heavy atom. The highest BCUT2D eigenvalue weighted by atomic mass is 15.3. The van der Waals surface area contributed by atoms with E-state index in [9.17, 15) is 0 Å². The Morgan fingerprint density at radius 2 is 1.09 bits per heavy atom. The van der Waals surface area contributed by atoms with Gasteiger partial charge in [0, 0.05) is 42.8 Å². The molecule has 0 bridgehead atoms. The Labute approximate surface area is 269 Å². The van der Waals surface area contributed by atoms with Crippen molar-refractivity contribution in [2.75, 3.05) is 65.4 Å². The summed E-state index contributed by atoms with van der Waals surface area (Å²) in [5.41, 5.74) is 0.927.